The van der Waals surface area contributed by atoms with Crippen LogP contribution in [-0.4, -0.2) is 22.2 Å². The number of para-hydroxylation sites is 2. The van der Waals surface area contributed by atoms with E-state index < -0.39 is 5.97 Å². The summed E-state index contributed by atoms with van der Waals surface area (Å²) in [5.74, 6) is -1.21. The molecular formula is C16H11N4O2-. The van der Waals surface area contributed by atoms with Crippen molar-refractivity contribution in [3.8, 4) is 0 Å². The molecule has 108 valence electrons. The van der Waals surface area contributed by atoms with Crippen LogP contribution in [0.15, 0.2) is 59.8 Å². The minimum absolute atomic E-state index is 0.120. The minimum Gasteiger partial charge on any atom is -0.545 e. The molecule has 6 nitrogen and oxygen atoms in total. The second kappa shape index (κ2) is 6.01. The van der Waals surface area contributed by atoms with Crippen molar-refractivity contribution in [2.75, 3.05) is 5.43 Å². The molecule has 0 aliphatic rings. The van der Waals surface area contributed by atoms with Gasteiger partial charge in [0.1, 0.15) is 5.69 Å². The lowest BCUT2D eigenvalue weighted by Gasteiger charge is -2.04. The first-order valence-corrected chi connectivity index (χ1v) is 6.55. The summed E-state index contributed by atoms with van der Waals surface area (Å²) in [5.41, 5.74) is 5.82. The summed E-state index contributed by atoms with van der Waals surface area (Å²) in [6.45, 7) is 0. The Morgan fingerprint density at radius 3 is 2.55 bits per heavy atom. The molecule has 0 amide bonds. The molecular weight excluding hydrogens is 280 g/mol. The standard InChI is InChI=1S/C16H12N4O2/c21-16(22)11-5-7-12(8-6-11)20-18-10-13-9-17-14-3-1-2-4-15(14)19-13/h1-10,20H,(H,21,22)/p-1/b18-10-. The van der Waals surface area contributed by atoms with Gasteiger partial charge in [-0.25, -0.2) is 4.98 Å². The van der Waals surface area contributed by atoms with Crippen LogP contribution >= 0.6 is 0 Å². The number of carboxylic acids is 1. The van der Waals surface area contributed by atoms with E-state index >= 15 is 0 Å². The van der Waals surface area contributed by atoms with Crippen LogP contribution in [0.1, 0.15) is 16.1 Å². The van der Waals surface area contributed by atoms with Crippen LogP contribution in [0.5, 0.6) is 0 Å². The molecule has 0 saturated heterocycles. The summed E-state index contributed by atoms with van der Waals surface area (Å²) in [6, 6.07) is 13.7. The molecule has 3 rings (SSSR count). The summed E-state index contributed by atoms with van der Waals surface area (Å²) in [4.78, 5) is 19.3. The van der Waals surface area contributed by atoms with Crippen LogP contribution in [0.25, 0.3) is 11.0 Å². The van der Waals surface area contributed by atoms with Gasteiger partial charge in [-0.2, -0.15) is 5.10 Å². The number of carboxylic acid groups (broad SMARTS) is 1. The molecule has 0 aliphatic heterocycles. The zero-order valence-corrected chi connectivity index (χ0v) is 11.4. The Kier molecular flexibility index (Phi) is 3.74. The summed E-state index contributed by atoms with van der Waals surface area (Å²) < 4.78 is 0. The number of benzene rings is 2. The van der Waals surface area contributed by atoms with Crippen LogP contribution in [0, 0.1) is 0 Å². The van der Waals surface area contributed by atoms with E-state index in [1.165, 1.54) is 12.1 Å². The van der Waals surface area contributed by atoms with Gasteiger partial charge in [0.05, 0.1) is 35.1 Å². The first-order valence-electron chi connectivity index (χ1n) is 6.55. The highest BCUT2D eigenvalue weighted by Crippen LogP contribution is 2.09. The van der Waals surface area contributed by atoms with Crippen molar-refractivity contribution in [1.29, 1.82) is 0 Å². The molecule has 6 heteroatoms. The third kappa shape index (κ3) is 3.06. The lowest BCUT2D eigenvalue weighted by atomic mass is 10.2. The van der Waals surface area contributed by atoms with Crippen LogP contribution < -0.4 is 10.5 Å². The Morgan fingerprint density at radius 2 is 1.82 bits per heavy atom. The Labute approximate surface area is 126 Å². The molecule has 0 bridgehead atoms. The number of rotatable bonds is 4. The number of hydrogen-bond donors (Lipinski definition) is 1. The molecule has 0 unspecified atom stereocenters. The van der Waals surface area contributed by atoms with Crippen LogP contribution in [0.3, 0.4) is 0 Å². The van der Waals surface area contributed by atoms with E-state index in [1.807, 2.05) is 24.3 Å². The highest BCUT2D eigenvalue weighted by molar-refractivity contribution is 5.86. The largest absolute Gasteiger partial charge is 0.545 e. The van der Waals surface area contributed by atoms with Gasteiger partial charge in [-0.15, -0.1) is 0 Å². The van der Waals surface area contributed by atoms with E-state index in [1.54, 1.807) is 24.5 Å². The number of hydrazone groups is 1. The Hall–Kier alpha value is -3.28. The highest BCUT2D eigenvalue weighted by Gasteiger charge is 1.97. The SMILES string of the molecule is O=C([O-])c1ccc(N/N=C\c2cnc3ccccc3n2)cc1. The maximum absolute atomic E-state index is 10.6. The van der Waals surface area contributed by atoms with Gasteiger partial charge in [0.15, 0.2) is 0 Å². The van der Waals surface area contributed by atoms with Crippen LogP contribution in [0.2, 0.25) is 0 Å². The number of carbonyl (C=O) groups is 1. The van der Waals surface area contributed by atoms with E-state index in [9.17, 15) is 9.90 Å². The quantitative estimate of drug-likeness (QED) is 0.580. The van der Waals surface area contributed by atoms with Crippen molar-refractivity contribution < 1.29 is 9.90 Å². The molecule has 0 saturated carbocycles. The molecule has 1 heterocycles. The van der Waals surface area contributed by atoms with E-state index in [2.05, 4.69) is 20.5 Å². The fraction of sp³-hybridized carbons (Fsp3) is 0. The molecule has 3 aromatic rings. The summed E-state index contributed by atoms with van der Waals surface area (Å²) >= 11 is 0. The lowest BCUT2D eigenvalue weighted by Crippen LogP contribution is -2.21. The van der Waals surface area contributed by atoms with E-state index in [0.29, 0.717) is 11.4 Å². The van der Waals surface area contributed by atoms with Gasteiger partial charge in [0.25, 0.3) is 0 Å². The number of nitrogens with zero attached hydrogens (tertiary/aromatic N) is 3. The monoisotopic (exact) mass is 291 g/mol. The van der Waals surface area contributed by atoms with Crippen molar-refractivity contribution >= 4 is 28.9 Å². The molecule has 0 spiro atoms. The van der Waals surface area contributed by atoms with Gasteiger partial charge in [-0.1, -0.05) is 24.3 Å². The van der Waals surface area contributed by atoms with Crippen molar-refractivity contribution in [3.63, 3.8) is 0 Å². The molecule has 1 aromatic heterocycles. The number of nitrogens with one attached hydrogen (secondary N) is 1. The van der Waals surface area contributed by atoms with Crippen molar-refractivity contribution in [2.24, 2.45) is 5.10 Å². The fourth-order valence-corrected chi connectivity index (χ4v) is 1.89. The first-order chi connectivity index (χ1) is 10.7. The summed E-state index contributed by atoms with van der Waals surface area (Å²) in [5, 5.41) is 14.7. The Balaban J connectivity index is 1.71. The molecule has 0 fully saturated rings. The molecule has 0 radical (unpaired) electrons. The number of carbonyl (C=O) groups excluding carboxylic acids is 1. The molecule has 0 aliphatic carbocycles. The van der Waals surface area contributed by atoms with Gasteiger partial charge < -0.3 is 9.90 Å². The zero-order chi connectivity index (χ0) is 15.4. The van der Waals surface area contributed by atoms with Crippen LogP contribution in [0.4, 0.5) is 5.69 Å². The van der Waals surface area contributed by atoms with Gasteiger partial charge >= 0.3 is 0 Å². The average molecular weight is 291 g/mol. The van der Waals surface area contributed by atoms with Gasteiger partial charge in [-0.05, 0) is 29.8 Å². The van der Waals surface area contributed by atoms with Gasteiger partial charge in [-0.3, -0.25) is 10.4 Å². The molecule has 22 heavy (non-hydrogen) atoms. The van der Waals surface area contributed by atoms with Crippen molar-refractivity contribution in [1.82, 2.24) is 9.97 Å². The Bertz CT molecular complexity index is 844. The summed E-state index contributed by atoms with van der Waals surface area (Å²) in [7, 11) is 0. The molecule has 0 atom stereocenters. The summed E-state index contributed by atoms with van der Waals surface area (Å²) in [6.07, 6.45) is 3.18. The number of aromatic nitrogens is 2. The van der Waals surface area contributed by atoms with Gasteiger partial charge in [0, 0.05) is 0 Å². The van der Waals surface area contributed by atoms with Gasteiger partial charge in [0.2, 0.25) is 0 Å². The maximum atomic E-state index is 10.6. The number of fused-ring (bicyclic) bond motifs is 1. The second-order valence-electron chi connectivity index (χ2n) is 4.52. The third-order valence-electron chi connectivity index (χ3n) is 2.98. The predicted octanol–water partition coefficient (Wildman–Crippen LogP) is 1.44. The zero-order valence-electron chi connectivity index (χ0n) is 11.4. The number of aromatic carboxylic acids is 1. The third-order valence-corrected chi connectivity index (χ3v) is 2.98. The topological polar surface area (TPSA) is 90.3 Å². The fourth-order valence-electron chi connectivity index (χ4n) is 1.89. The average Bonchev–Trinajstić information content (AvgIpc) is 2.55. The lowest BCUT2D eigenvalue weighted by molar-refractivity contribution is -0.255. The second-order valence-corrected chi connectivity index (χ2v) is 4.52. The van der Waals surface area contributed by atoms with Crippen LogP contribution in [-0.2, 0) is 0 Å². The maximum Gasteiger partial charge on any atom is 0.102 e. The Morgan fingerprint density at radius 1 is 1.09 bits per heavy atom. The van der Waals surface area contributed by atoms with E-state index in [4.69, 9.17) is 0 Å². The smallest absolute Gasteiger partial charge is 0.102 e. The van der Waals surface area contributed by atoms with E-state index in [-0.39, 0.29) is 5.56 Å². The number of anilines is 1. The van der Waals surface area contributed by atoms with Crippen molar-refractivity contribution in [2.45, 2.75) is 0 Å². The number of hydrogen-bond acceptors (Lipinski definition) is 6. The minimum atomic E-state index is -1.21. The molecule has 2 aromatic carbocycles. The first kappa shape index (κ1) is 13.7. The van der Waals surface area contributed by atoms with E-state index in [0.717, 1.165) is 11.0 Å². The normalized spacial score (nSPS) is 10.9. The van der Waals surface area contributed by atoms with Crippen molar-refractivity contribution in [3.05, 3.63) is 66.0 Å². The highest BCUT2D eigenvalue weighted by atomic mass is 16.4. The molecule has 1 N–H and O–H groups in total. The predicted molar refractivity (Wildman–Crippen MR) is 81.5 cm³/mol.